The van der Waals surface area contributed by atoms with E-state index in [1.54, 1.807) is 13.0 Å². The molecule has 1 aromatic carbocycles. The molecule has 2 heterocycles. The highest BCUT2D eigenvalue weighted by Gasteiger charge is 2.12. The Morgan fingerprint density at radius 1 is 1.30 bits per heavy atom. The van der Waals surface area contributed by atoms with Crippen LogP contribution in [0.15, 0.2) is 44.1 Å². The van der Waals surface area contributed by atoms with Gasteiger partial charge in [-0.3, -0.25) is 0 Å². The number of nitrogens with zero attached hydrogens (tertiary/aromatic N) is 3. The molecule has 0 bridgehead atoms. The summed E-state index contributed by atoms with van der Waals surface area (Å²) in [7, 11) is 0. The van der Waals surface area contributed by atoms with E-state index in [-0.39, 0.29) is 18.3 Å². The molecule has 0 amide bonds. The van der Waals surface area contributed by atoms with Gasteiger partial charge in [-0.05, 0) is 31.2 Å². The van der Waals surface area contributed by atoms with Crippen LogP contribution in [0.5, 0.6) is 0 Å². The van der Waals surface area contributed by atoms with E-state index in [4.69, 9.17) is 8.94 Å². The van der Waals surface area contributed by atoms with Crippen LogP contribution in [0, 0.1) is 12.7 Å². The molecule has 0 aliphatic rings. The Hall–Kier alpha value is -2.70. The molecule has 0 N–H and O–H groups in total. The number of benzene rings is 1. The van der Waals surface area contributed by atoms with Gasteiger partial charge in [0.1, 0.15) is 12.4 Å². The predicted molar refractivity (Wildman–Crippen MR) is 66.5 cm³/mol. The van der Waals surface area contributed by atoms with Gasteiger partial charge in [-0.25, -0.2) is 9.18 Å². The summed E-state index contributed by atoms with van der Waals surface area (Å²) < 4.78 is 24.0. The van der Waals surface area contributed by atoms with Crippen molar-refractivity contribution in [2.24, 2.45) is 0 Å². The first-order valence-corrected chi connectivity index (χ1v) is 5.88. The number of aromatic nitrogens is 3. The Kier molecular flexibility index (Phi) is 2.94. The SMILES string of the molecule is Cc1cc(Cn2nc(-c3ccc(F)cc3)oc2=O)on1. The van der Waals surface area contributed by atoms with Crippen LogP contribution in [-0.2, 0) is 6.54 Å². The molecule has 0 fully saturated rings. The van der Waals surface area contributed by atoms with Gasteiger partial charge in [-0.1, -0.05) is 5.16 Å². The van der Waals surface area contributed by atoms with Crippen LogP contribution in [0.2, 0.25) is 0 Å². The van der Waals surface area contributed by atoms with Crippen LogP contribution in [-0.4, -0.2) is 14.9 Å². The molecular weight excluding hydrogens is 265 g/mol. The molecule has 20 heavy (non-hydrogen) atoms. The Balaban J connectivity index is 1.91. The molecule has 0 radical (unpaired) electrons. The number of aryl methyl sites for hydroxylation is 1. The number of hydrogen-bond acceptors (Lipinski definition) is 5. The van der Waals surface area contributed by atoms with Gasteiger partial charge in [0.15, 0.2) is 5.76 Å². The minimum atomic E-state index is -0.613. The molecule has 3 rings (SSSR count). The molecule has 3 aromatic rings. The lowest BCUT2D eigenvalue weighted by molar-refractivity contribution is 0.362. The maximum absolute atomic E-state index is 12.8. The van der Waals surface area contributed by atoms with Crippen LogP contribution >= 0.6 is 0 Å². The van der Waals surface area contributed by atoms with Crippen LogP contribution in [0.4, 0.5) is 4.39 Å². The summed E-state index contributed by atoms with van der Waals surface area (Å²) in [4.78, 5) is 11.7. The summed E-state index contributed by atoms with van der Waals surface area (Å²) in [6.07, 6.45) is 0. The van der Waals surface area contributed by atoms with Crippen LogP contribution in [0.3, 0.4) is 0 Å². The zero-order valence-corrected chi connectivity index (χ0v) is 10.5. The molecule has 6 nitrogen and oxygen atoms in total. The molecule has 0 unspecified atom stereocenters. The molecule has 0 saturated heterocycles. The third kappa shape index (κ3) is 2.37. The monoisotopic (exact) mass is 275 g/mol. The Labute approximate surface area is 112 Å². The van der Waals surface area contributed by atoms with Crippen LogP contribution in [0.1, 0.15) is 11.5 Å². The zero-order valence-electron chi connectivity index (χ0n) is 10.5. The van der Waals surface area contributed by atoms with Crippen LogP contribution < -0.4 is 5.76 Å². The number of hydrogen-bond donors (Lipinski definition) is 0. The lowest BCUT2D eigenvalue weighted by atomic mass is 10.2. The third-order valence-corrected chi connectivity index (χ3v) is 2.68. The Morgan fingerprint density at radius 2 is 2.05 bits per heavy atom. The first-order valence-electron chi connectivity index (χ1n) is 5.88. The smallest absolute Gasteiger partial charge is 0.388 e. The van der Waals surface area contributed by atoms with Crippen molar-refractivity contribution < 1.29 is 13.3 Å². The number of halogens is 1. The fourth-order valence-electron chi connectivity index (χ4n) is 1.75. The summed E-state index contributed by atoms with van der Waals surface area (Å²) in [6.45, 7) is 1.91. The average molecular weight is 275 g/mol. The summed E-state index contributed by atoms with van der Waals surface area (Å²) >= 11 is 0. The van der Waals surface area contributed by atoms with Gasteiger partial charge in [-0.2, -0.15) is 4.68 Å². The van der Waals surface area contributed by atoms with E-state index >= 15 is 0 Å². The van der Waals surface area contributed by atoms with Crippen molar-refractivity contribution in [1.82, 2.24) is 14.9 Å². The highest BCUT2D eigenvalue weighted by atomic mass is 19.1. The van der Waals surface area contributed by atoms with Crippen molar-refractivity contribution in [2.45, 2.75) is 13.5 Å². The molecule has 0 atom stereocenters. The van der Waals surface area contributed by atoms with E-state index in [1.165, 1.54) is 24.3 Å². The van der Waals surface area contributed by atoms with Gasteiger partial charge in [-0.15, -0.1) is 5.10 Å². The highest BCUT2D eigenvalue weighted by molar-refractivity contribution is 5.51. The maximum atomic E-state index is 12.8. The Bertz CT molecular complexity index is 786. The van der Waals surface area contributed by atoms with Crippen LogP contribution in [0.25, 0.3) is 11.5 Å². The van der Waals surface area contributed by atoms with Crippen molar-refractivity contribution in [2.75, 3.05) is 0 Å². The predicted octanol–water partition coefficient (Wildman–Crippen LogP) is 1.99. The third-order valence-electron chi connectivity index (χ3n) is 2.68. The molecule has 7 heteroatoms. The van der Waals surface area contributed by atoms with Gasteiger partial charge in [0.25, 0.3) is 0 Å². The van der Waals surface area contributed by atoms with Gasteiger partial charge in [0.05, 0.1) is 5.69 Å². The minimum absolute atomic E-state index is 0.129. The summed E-state index contributed by atoms with van der Waals surface area (Å²) in [5.74, 6) is -0.346. The van der Waals surface area contributed by atoms with Gasteiger partial charge in [0, 0.05) is 11.6 Å². The highest BCUT2D eigenvalue weighted by Crippen LogP contribution is 2.16. The first-order chi connectivity index (χ1) is 9.61. The van der Waals surface area contributed by atoms with E-state index in [0.29, 0.717) is 11.3 Å². The minimum Gasteiger partial charge on any atom is -0.388 e. The number of rotatable bonds is 3. The lowest BCUT2D eigenvalue weighted by Crippen LogP contribution is -2.16. The van der Waals surface area contributed by atoms with E-state index in [2.05, 4.69) is 10.3 Å². The second-order valence-corrected chi connectivity index (χ2v) is 4.27. The maximum Gasteiger partial charge on any atom is 0.437 e. The molecule has 0 aliphatic carbocycles. The van der Waals surface area contributed by atoms with E-state index in [1.807, 2.05) is 0 Å². The second-order valence-electron chi connectivity index (χ2n) is 4.27. The topological polar surface area (TPSA) is 74.1 Å². The van der Waals surface area contributed by atoms with Gasteiger partial charge in [0.2, 0.25) is 5.89 Å². The second kappa shape index (κ2) is 4.76. The molecule has 102 valence electrons. The van der Waals surface area contributed by atoms with Crippen molar-refractivity contribution in [3.05, 3.63) is 58.2 Å². The Morgan fingerprint density at radius 3 is 2.70 bits per heavy atom. The fraction of sp³-hybridized carbons (Fsp3) is 0.154. The lowest BCUT2D eigenvalue weighted by Gasteiger charge is -1.94. The molecule has 0 spiro atoms. The van der Waals surface area contributed by atoms with Crippen molar-refractivity contribution >= 4 is 0 Å². The summed E-state index contributed by atoms with van der Waals surface area (Å²) in [6, 6.07) is 7.23. The van der Waals surface area contributed by atoms with Gasteiger partial charge >= 0.3 is 5.76 Å². The first kappa shape index (κ1) is 12.3. The molecule has 2 aromatic heterocycles. The standard InChI is InChI=1S/C13H10FN3O3/c1-8-6-11(20-16-8)7-17-13(18)19-12(15-17)9-2-4-10(14)5-3-9/h2-6H,7H2,1H3. The fourth-order valence-corrected chi connectivity index (χ4v) is 1.75. The van der Waals surface area contributed by atoms with E-state index in [9.17, 15) is 9.18 Å². The van der Waals surface area contributed by atoms with Crippen molar-refractivity contribution in [3.63, 3.8) is 0 Å². The molecule has 0 saturated carbocycles. The zero-order chi connectivity index (χ0) is 14.1. The molecular formula is C13H10FN3O3. The summed E-state index contributed by atoms with van der Waals surface area (Å²) in [5.41, 5.74) is 1.24. The van der Waals surface area contributed by atoms with E-state index < -0.39 is 5.76 Å². The average Bonchev–Trinajstić information content (AvgIpc) is 2.98. The van der Waals surface area contributed by atoms with Crippen molar-refractivity contribution in [3.8, 4) is 11.5 Å². The van der Waals surface area contributed by atoms with E-state index in [0.717, 1.165) is 10.4 Å². The van der Waals surface area contributed by atoms with Crippen molar-refractivity contribution in [1.29, 1.82) is 0 Å². The largest absolute Gasteiger partial charge is 0.437 e. The van der Waals surface area contributed by atoms with Gasteiger partial charge < -0.3 is 8.94 Å². The normalized spacial score (nSPS) is 10.9. The quantitative estimate of drug-likeness (QED) is 0.730. The summed E-state index contributed by atoms with van der Waals surface area (Å²) in [5, 5.41) is 7.77. The molecule has 0 aliphatic heterocycles.